The quantitative estimate of drug-likeness (QED) is 0.856. The molecule has 0 heterocycles. The van der Waals surface area contributed by atoms with Crippen LogP contribution in [0.25, 0.3) is 0 Å². The van der Waals surface area contributed by atoms with Crippen LogP contribution in [0.15, 0.2) is 48.5 Å². The minimum absolute atomic E-state index is 0.101. The predicted molar refractivity (Wildman–Crippen MR) is 79.9 cm³/mol. The van der Waals surface area contributed by atoms with Gasteiger partial charge in [-0.15, -0.1) is 0 Å². The van der Waals surface area contributed by atoms with Gasteiger partial charge in [0, 0.05) is 18.7 Å². The first-order valence-corrected chi connectivity index (χ1v) is 6.85. The molecule has 1 unspecified atom stereocenters. The van der Waals surface area contributed by atoms with Gasteiger partial charge in [-0.1, -0.05) is 37.3 Å². The lowest BCUT2D eigenvalue weighted by molar-refractivity contribution is 0.0696. The summed E-state index contributed by atoms with van der Waals surface area (Å²) in [6, 6.07) is 13.9. The molecule has 1 atom stereocenters. The molecule has 2 rings (SSSR count). The smallest absolute Gasteiger partial charge is 0.335 e. The third-order valence-corrected chi connectivity index (χ3v) is 3.43. The number of carboxylic acids is 1. The van der Waals surface area contributed by atoms with E-state index in [0.717, 1.165) is 0 Å². The van der Waals surface area contributed by atoms with Crippen LogP contribution in [0.3, 0.4) is 0 Å². The van der Waals surface area contributed by atoms with Gasteiger partial charge in [0.15, 0.2) is 0 Å². The van der Waals surface area contributed by atoms with Crippen molar-refractivity contribution in [2.45, 2.75) is 19.4 Å². The molecule has 2 aromatic rings. The number of halogens is 1. The molecule has 0 aliphatic carbocycles. The van der Waals surface area contributed by atoms with Gasteiger partial charge >= 0.3 is 5.97 Å². The van der Waals surface area contributed by atoms with Gasteiger partial charge in [-0.3, -0.25) is 0 Å². The molecule has 110 valence electrons. The largest absolute Gasteiger partial charge is 0.478 e. The lowest BCUT2D eigenvalue weighted by Gasteiger charge is -2.13. The molecule has 0 aromatic heterocycles. The Morgan fingerprint density at radius 1 is 1.24 bits per heavy atom. The lowest BCUT2D eigenvalue weighted by Crippen LogP contribution is -2.20. The maximum absolute atomic E-state index is 13.6. The summed E-state index contributed by atoms with van der Waals surface area (Å²) in [5.74, 6) is -1.13. The minimum Gasteiger partial charge on any atom is -0.478 e. The van der Waals surface area contributed by atoms with Crippen LogP contribution in [0.1, 0.15) is 34.3 Å². The van der Waals surface area contributed by atoms with Crippen LogP contribution in [-0.4, -0.2) is 17.6 Å². The fraction of sp³-hybridized carbons (Fsp3) is 0.235. The highest BCUT2D eigenvalue weighted by atomic mass is 19.1. The molecule has 0 spiro atoms. The second-order valence-corrected chi connectivity index (χ2v) is 5.05. The zero-order valence-corrected chi connectivity index (χ0v) is 11.8. The number of hydrogen-bond acceptors (Lipinski definition) is 2. The highest BCUT2D eigenvalue weighted by molar-refractivity contribution is 5.87. The van der Waals surface area contributed by atoms with Crippen molar-refractivity contribution in [1.29, 1.82) is 0 Å². The highest BCUT2D eigenvalue weighted by Gasteiger charge is 2.09. The van der Waals surface area contributed by atoms with E-state index in [9.17, 15) is 9.18 Å². The summed E-state index contributed by atoms with van der Waals surface area (Å²) in [6.45, 7) is 3.09. The molecule has 0 saturated heterocycles. The van der Waals surface area contributed by atoms with E-state index in [1.807, 2.05) is 18.2 Å². The molecule has 4 heteroatoms. The molecule has 0 saturated carbocycles. The standard InChI is InChI=1S/C17H18FNO2/c1-12(13-5-3-2-4-6-13)10-19-11-15-9-14(17(20)21)7-8-16(15)18/h2-9,12,19H,10-11H2,1H3,(H,20,21). The number of aromatic carboxylic acids is 1. The summed E-state index contributed by atoms with van der Waals surface area (Å²) in [6.07, 6.45) is 0. The normalized spacial score (nSPS) is 12.1. The van der Waals surface area contributed by atoms with Crippen molar-refractivity contribution in [3.8, 4) is 0 Å². The van der Waals surface area contributed by atoms with Crippen LogP contribution in [0.4, 0.5) is 4.39 Å². The third kappa shape index (κ3) is 4.13. The molecular weight excluding hydrogens is 269 g/mol. The van der Waals surface area contributed by atoms with Gasteiger partial charge in [0.25, 0.3) is 0 Å². The van der Waals surface area contributed by atoms with Gasteiger partial charge in [-0.2, -0.15) is 0 Å². The molecule has 0 radical (unpaired) electrons. The van der Waals surface area contributed by atoms with E-state index < -0.39 is 5.97 Å². The van der Waals surface area contributed by atoms with Crippen molar-refractivity contribution in [2.24, 2.45) is 0 Å². The van der Waals surface area contributed by atoms with Crippen LogP contribution >= 0.6 is 0 Å². The number of hydrogen-bond donors (Lipinski definition) is 2. The first-order chi connectivity index (χ1) is 10.1. The van der Waals surface area contributed by atoms with E-state index in [4.69, 9.17) is 5.11 Å². The zero-order valence-electron chi connectivity index (χ0n) is 11.8. The number of benzene rings is 2. The van der Waals surface area contributed by atoms with E-state index in [1.54, 1.807) is 0 Å². The monoisotopic (exact) mass is 287 g/mol. The fourth-order valence-electron chi connectivity index (χ4n) is 2.17. The van der Waals surface area contributed by atoms with Crippen LogP contribution in [-0.2, 0) is 6.54 Å². The van der Waals surface area contributed by atoms with Crippen LogP contribution < -0.4 is 5.32 Å². The third-order valence-electron chi connectivity index (χ3n) is 3.43. The Morgan fingerprint density at radius 2 is 1.95 bits per heavy atom. The zero-order chi connectivity index (χ0) is 15.2. The lowest BCUT2D eigenvalue weighted by atomic mass is 10.0. The Bertz CT molecular complexity index is 613. The maximum Gasteiger partial charge on any atom is 0.335 e. The Labute approximate surface area is 123 Å². The van der Waals surface area contributed by atoms with Gasteiger partial charge in [-0.05, 0) is 29.7 Å². The van der Waals surface area contributed by atoms with Crippen LogP contribution in [0.2, 0.25) is 0 Å². The molecule has 0 amide bonds. The van der Waals surface area contributed by atoms with Crippen LogP contribution in [0, 0.1) is 5.82 Å². The van der Waals surface area contributed by atoms with E-state index in [1.165, 1.54) is 23.8 Å². The summed E-state index contributed by atoms with van der Waals surface area (Å²) < 4.78 is 13.6. The van der Waals surface area contributed by atoms with Crippen molar-refractivity contribution in [3.63, 3.8) is 0 Å². The summed E-state index contributed by atoms with van der Waals surface area (Å²) in [4.78, 5) is 10.9. The van der Waals surface area contributed by atoms with Gasteiger partial charge < -0.3 is 10.4 Å². The van der Waals surface area contributed by atoms with Gasteiger partial charge in [0.05, 0.1) is 5.56 Å². The van der Waals surface area contributed by atoms with E-state index in [2.05, 4.69) is 24.4 Å². The molecule has 21 heavy (non-hydrogen) atoms. The maximum atomic E-state index is 13.6. The van der Waals surface area contributed by atoms with Crippen LogP contribution in [0.5, 0.6) is 0 Å². The molecule has 0 bridgehead atoms. The van der Waals surface area contributed by atoms with Crippen molar-refractivity contribution in [1.82, 2.24) is 5.32 Å². The second-order valence-electron chi connectivity index (χ2n) is 5.05. The topological polar surface area (TPSA) is 49.3 Å². The molecular formula is C17H18FNO2. The Hall–Kier alpha value is -2.20. The summed E-state index contributed by atoms with van der Waals surface area (Å²) >= 11 is 0. The fourth-order valence-corrected chi connectivity index (χ4v) is 2.17. The van der Waals surface area contributed by atoms with E-state index >= 15 is 0 Å². The molecule has 2 N–H and O–H groups in total. The predicted octanol–water partition coefficient (Wildman–Crippen LogP) is 3.42. The van der Waals surface area contributed by atoms with Crippen molar-refractivity contribution in [3.05, 3.63) is 71.0 Å². The Kier molecular flexibility index (Phi) is 5.06. The first-order valence-electron chi connectivity index (χ1n) is 6.85. The van der Waals surface area contributed by atoms with Gasteiger partial charge in [-0.25, -0.2) is 9.18 Å². The highest BCUT2D eigenvalue weighted by Crippen LogP contribution is 2.14. The van der Waals surface area contributed by atoms with E-state index in [-0.39, 0.29) is 11.4 Å². The Morgan fingerprint density at radius 3 is 2.62 bits per heavy atom. The summed E-state index contributed by atoms with van der Waals surface area (Å²) in [5, 5.41) is 12.1. The SMILES string of the molecule is CC(CNCc1cc(C(=O)O)ccc1F)c1ccccc1. The Balaban J connectivity index is 1.94. The number of carboxylic acid groups (broad SMARTS) is 1. The molecule has 0 fully saturated rings. The molecule has 3 nitrogen and oxygen atoms in total. The number of rotatable bonds is 6. The number of nitrogens with one attached hydrogen (secondary N) is 1. The molecule has 0 aliphatic rings. The van der Waals surface area contributed by atoms with Gasteiger partial charge in [0.2, 0.25) is 0 Å². The van der Waals surface area contributed by atoms with Gasteiger partial charge in [0.1, 0.15) is 5.82 Å². The van der Waals surface area contributed by atoms with Crippen molar-refractivity contribution < 1.29 is 14.3 Å². The number of carbonyl (C=O) groups is 1. The molecule has 0 aliphatic heterocycles. The summed E-state index contributed by atoms with van der Waals surface area (Å²) in [7, 11) is 0. The minimum atomic E-state index is -1.05. The second kappa shape index (κ2) is 6.99. The average molecular weight is 287 g/mol. The first kappa shape index (κ1) is 15.2. The summed E-state index contributed by atoms with van der Waals surface area (Å²) in [5.41, 5.74) is 1.68. The van der Waals surface area contributed by atoms with E-state index in [0.29, 0.717) is 24.6 Å². The molecule has 2 aromatic carbocycles. The van der Waals surface area contributed by atoms with Crippen molar-refractivity contribution >= 4 is 5.97 Å². The average Bonchev–Trinajstić information content (AvgIpc) is 2.49. The van der Waals surface area contributed by atoms with Crippen molar-refractivity contribution in [2.75, 3.05) is 6.54 Å².